The van der Waals surface area contributed by atoms with Gasteiger partial charge in [0.25, 0.3) is 0 Å². The first kappa shape index (κ1) is 13.4. The molecule has 0 atom stereocenters. The molecule has 0 unspecified atom stereocenters. The second kappa shape index (κ2) is 5.75. The Hall–Kier alpha value is -1.01. The molecular formula is C15H18ClNO. The van der Waals surface area contributed by atoms with E-state index < -0.39 is 5.60 Å². The van der Waals surface area contributed by atoms with Crippen molar-refractivity contribution in [1.29, 1.82) is 0 Å². The molecule has 0 saturated carbocycles. The van der Waals surface area contributed by atoms with E-state index in [0.717, 1.165) is 31.1 Å². The third kappa shape index (κ3) is 3.49. The fraction of sp³-hybridized carbons (Fsp3) is 0.467. The van der Waals surface area contributed by atoms with E-state index in [1.807, 2.05) is 12.1 Å². The van der Waals surface area contributed by atoms with Gasteiger partial charge in [-0.3, -0.25) is 0 Å². The number of rotatable bonds is 3. The van der Waals surface area contributed by atoms with Gasteiger partial charge in [-0.05, 0) is 24.1 Å². The van der Waals surface area contributed by atoms with Gasteiger partial charge in [-0.2, -0.15) is 0 Å². The third-order valence-electron chi connectivity index (χ3n) is 3.58. The minimum absolute atomic E-state index is 0.671. The number of hydrogen-bond donors (Lipinski definition) is 1. The Bertz CT molecular complexity index is 427. The molecule has 1 aromatic carbocycles. The zero-order valence-electron chi connectivity index (χ0n) is 10.4. The summed E-state index contributed by atoms with van der Waals surface area (Å²) >= 11 is 5.85. The normalized spacial score (nSPS) is 19.4. The zero-order chi connectivity index (χ0) is 13.0. The number of aliphatic hydroxyl groups is 1. The topological polar surface area (TPSA) is 23.5 Å². The summed E-state index contributed by atoms with van der Waals surface area (Å²) in [4.78, 5) is 2.35. The maximum atomic E-state index is 9.94. The first-order valence-electron chi connectivity index (χ1n) is 6.28. The van der Waals surface area contributed by atoms with Gasteiger partial charge in [0.1, 0.15) is 5.60 Å². The Morgan fingerprint density at radius 2 is 1.89 bits per heavy atom. The lowest BCUT2D eigenvalue weighted by atomic mass is 9.92. The van der Waals surface area contributed by atoms with E-state index in [1.54, 1.807) is 0 Å². The van der Waals surface area contributed by atoms with Gasteiger partial charge in [0, 0.05) is 37.5 Å². The number of piperidine rings is 1. The molecule has 96 valence electrons. The molecule has 1 fully saturated rings. The van der Waals surface area contributed by atoms with Crippen LogP contribution in [-0.2, 0) is 6.42 Å². The van der Waals surface area contributed by atoms with Gasteiger partial charge in [0.2, 0.25) is 0 Å². The molecule has 1 N–H and O–H groups in total. The molecule has 0 radical (unpaired) electrons. The lowest BCUT2D eigenvalue weighted by Crippen LogP contribution is -2.44. The van der Waals surface area contributed by atoms with Crippen molar-refractivity contribution in [1.82, 2.24) is 4.90 Å². The zero-order valence-corrected chi connectivity index (χ0v) is 11.2. The predicted octanol–water partition coefficient (Wildman–Crippen LogP) is 2.34. The molecule has 18 heavy (non-hydrogen) atoms. The number of hydrogen-bond acceptors (Lipinski definition) is 2. The fourth-order valence-electron chi connectivity index (χ4n) is 2.23. The standard InChI is InChI=1S/C15H18ClNO/c1-2-15(18)8-11-17(12-9-15)10-7-13-3-5-14(16)6-4-13/h1,3-6,18H,7-12H2. The highest BCUT2D eigenvalue weighted by molar-refractivity contribution is 6.30. The van der Waals surface area contributed by atoms with E-state index >= 15 is 0 Å². The van der Waals surface area contributed by atoms with Gasteiger partial charge in [0.05, 0.1) is 0 Å². The van der Waals surface area contributed by atoms with Gasteiger partial charge in [-0.15, -0.1) is 6.42 Å². The molecule has 0 aliphatic carbocycles. The molecule has 1 heterocycles. The number of terminal acetylenes is 1. The maximum Gasteiger partial charge on any atom is 0.127 e. The van der Waals surface area contributed by atoms with E-state index in [1.165, 1.54) is 5.56 Å². The van der Waals surface area contributed by atoms with Crippen LogP contribution in [0, 0.1) is 12.3 Å². The lowest BCUT2D eigenvalue weighted by molar-refractivity contribution is 0.0277. The Kier molecular flexibility index (Phi) is 4.29. The summed E-state index contributed by atoms with van der Waals surface area (Å²) in [5.41, 5.74) is 0.411. The minimum Gasteiger partial charge on any atom is -0.378 e. The van der Waals surface area contributed by atoms with Crippen molar-refractivity contribution in [3.05, 3.63) is 34.9 Å². The van der Waals surface area contributed by atoms with Crippen molar-refractivity contribution >= 4 is 11.6 Å². The fourth-order valence-corrected chi connectivity index (χ4v) is 2.36. The number of benzene rings is 1. The van der Waals surface area contributed by atoms with Crippen LogP contribution in [0.5, 0.6) is 0 Å². The molecule has 2 nitrogen and oxygen atoms in total. The van der Waals surface area contributed by atoms with Crippen LogP contribution in [0.3, 0.4) is 0 Å². The molecule has 0 aromatic heterocycles. The van der Waals surface area contributed by atoms with Crippen molar-refractivity contribution in [3.8, 4) is 12.3 Å². The highest BCUT2D eigenvalue weighted by atomic mass is 35.5. The van der Waals surface area contributed by atoms with Crippen molar-refractivity contribution in [2.45, 2.75) is 24.9 Å². The van der Waals surface area contributed by atoms with E-state index in [0.29, 0.717) is 12.8 Å². The van der Waals surface area contributed by atoms with Crippen LogP contribution < -0.4 is 0 Å². The predicted molar refractivity (Wildman–Crippen MR) is 74.6 cm³/mol. The van der Waals surface area contributed by atoms with Gasteiger partial charge in [-0.1, -0.05) is 29.7 Å². The summed E-state index contributed by atoms with van der Waals surface area (Å²) < 4.78 is 0. The highest BCUT2D eigenvalue weighted by Gasteiger charge is 2.29. The molecular weight excluding hydrogens is 246 g/mol. The molecule has 3 heteroatoms. The van der Waals surface area contributed by atoms with Crippen LogP contribution in [0.25, 0.3) is 0 Å². The SMILES string of the molecule is C#CC1(O)CCN(CCc2ccc(Cl)cc2)CC1. The third-order valence-corrected chi connectivity index (χ3v) is 3.83. The van der Waals surface area contributed by atoms with Crippen LogP contribution in [0.2, 0.25) is 5.02 Å². The average Bonchev–Trinajstić information content (AvgIpc) is 2.40. The molecule has 1 aliphatic rings. The Balaban J connectivity index is 1.79. The van der Waals surface area contributed by atoms with E-state index in [4.69, 9.17) is 18.0 Å². The summed E-state index contributed by atoms with van der Waals surface area (Å²) in [7, 11) is 0. The molecule has 1 aromatic rings. The first-order chi connectivity index (χ1) is 8.61. The summed E-state index contributed by atoms with van der Waals surface area (Å²) in [5, 5.41) is 10.7. The maximum absolute atomic E-state index is 9.94. The van der Waals surface area contributed by atoms with E-state index in [9.17, 15) is 5.11 Å². The number of nitrogens with zero attached hydrogens (tertiary/aromatic N) is 1. The molecule has 2 rings (SSSR count). The molecule has 0 amide bonds. The van der Waals surface area contributed by atoms with Crippen LogP contribution >= 0.6 is 11.6 Å². The Morgan fingerprint density at radius 1 is 1.28 bits per heavy atom. The highest BCUT2D eigenvalue weighted by Crippen LogP contribution is 2.21. The largest absolute Gasteiger partial charge is 0.378 e. The van der Waals surface area contributed by atoms with Crippen molar-refractivity contribution in [3.63, 3.8) is 0 Å². The summed E-state index contributed by atoms with van der Waals surface area (Å²) in [5.74, 6) is 2.50. The Morgan fingerprint density at radius 3 is 2.44 bits per heavy atom. The van der Waals surface area contributed by atoms with Gasteiger partial charge >= 0.3 is 0 Å². The Labute approximate surface area is 114 Å². The van der Waals surface area contributed by atoms with Gasteiger partial charge < -0.3 is 10.0 Å². The smallest absolute Gasteiger partial charge is 0.127 e. The van der Waals surface area contributed by atoms with Gasteiger partial charge in [-0.25, -0.2) is 0 Å². The number of likely N-dealkylation sites (tertiary alicyclic amines) is 1. The molecule has 0 bridgehead atoms. The van der Waals surface area contributed by atoms with Gasteiger partial charge in [0.15, 0.2) is 0 Å². The van der Waals surface area contributed by atoms with Crippen LogP contribution in [-0.4, -0.2) is 35.2 Å². The van der Waals surface area contributed by atoms with Crippen LogP contribution in [0.1, 0.15) is 18.4 Å². The van der Waals surface area contributed by atoms with Crippen molar-refractivity contribution in [2.24, 2.45) is 0 Å². The van der Waals surface area contributed by atoms with Crippen LogP contribution in [0.4, 0.5) is 0 Å². The second-order valence-electron chi connectivity index (χ2n) is 4.89. The minimum atomic E-state index is -0.878. The van der Waals surface area contributed by atoms with Crippen molar-refractivity contribution in [2.75, 3.05) is 19.6 Å². The lowest BCUT2D eigenvalue weighted by Gasteiger charge is -2.34. The quantitative estimate of drug-likeness (QED) is 0.847. The van der Waals surface area contributed by atoms with Crippen LogP contribution in [0.15, 0.2) is 24.3 Å². The second-order valence-corrected chi connectivity index (χ2v) is 5.33. The summed E-state index contributed by atoms with van der Waals surface area (Å²) in [6.45, 7) is 2.74. The van der Waals surface area contributed by atoms with E-state index in [2.05, 4.69) is 23.0 Å². The first-order valence-corrected chi connectivity index (χ1v) is 6.66. The average molecular weight is 264 g/mol. The summed E-state index contributed by atoms with van der Waals surface area (Å²) in [6.07, 6.45) is 7.68. The van der Waals surface area contributed by atoms with E-state index in [-0.39, 0.29) is 0 Å². The molecule has 1 saturated heterocycles. The summed E-state index contributed by atoms with van der Waals surface area (Å²) in [6, 6.07) is 7.96. The monoisotopic (exact) mass is 263 g/mol. The van der Waals surface area contributed by atoms with Crippen molar-refractivity contribution < 1.29 is 5.11 Å². The molecule has 0 spiro atoms. The number of halogens is 1. The molecule has 1 aliphatic heterocycles.